The molecule has 1 N–H and O–H groups in total. The van der Waals surface area contributed by atoms with Crippen molar-refractivity contribution in [2.24, 2.45) is 4.99 Å². The molecule has 0 bridgehead atoms. The van der Waals surface area contributed by atoms with Crippen LogP contribution in [0, 0.1) is 10.1 Å². The van der Waals surface area contributed by atoms with Crippen LogP contribution in [-0.4, -0.2) is 50.2 Å². The number of nitrogens with one attached hydrogen (secondary N) is 1. The Balaban J connectivity index is 1.37. The second kappa shape index (κ2) is 11.0. The molecule has 12 heteroatoms. The molecule has 1 atom stereocenters. The minimum absolute atomic E-state index is 0.0885. The van der Waals surface area contributed by atoms with Gasteiger partial charge in [-0.3, -0.25) is 20.1 Å². The lowest BCUT2D eigenvalue weighted by Crippen LogP contribution is -2.25. The first-order chi connectivity index (χ1) is 19.0. The van der Waals surface area contributed by atoms with Crippen LogP contribution < -0.4 is 5.32 Å². The normalized spacial score (nSPS) is 15.8. The molecule has 0 saturated heterocycles. The zero-order valence-corrected chi connectivity index (χ0v) is 20.9. The Morgan fingerprint density at radius 3 is 2.56 bits per heavy atom. The molecule has 1 aliphatic rings. The summed E-state index contributed by atoms with van der Waals surface area (Å²) in [5, 5.41) is 14.2. The molecule has 0 spiro atoms. The lowest BCUT2D eigenvalue weighted by molar-refractivity contribution is -0.385. The minimum Gasteiger partial charge on any atom is -0.462 e. The van der Waals surface area contributed by atoms with Gasteiger partial charge in [0.05, 0.1) is 29.1 Å². The number of benzene rings is 1. The van der Waals surface area contributed by atoms with E-state index in [1.807, 2.05) is 36.4 Å². The van der Waals surface area contributed by atoms with E-state index in [-0.39, 0.29) is 17.9 Å². The number of nitrogens with zero attached hydrogens (tertiary/aromatic N) is 6. The van der Waals surface area contributed by atoms with Crippen LogP contribution >= 0.6 is 0 Å². The molecule has 1 aliphatic heterocycles. The number of hydrogen-bond acceptors (Lipinski definition) is 11. The second-order valence-electron chi connectivity index (χ2n) is 8.52. The van der Waals surface area contributed by atoms with Crippen molar-refractivity contribution in [2.75, 3.05) is 18.5 Å². The molecule has 0 fully saturated rings. The maximum Gasteiger partial charge on any atom is 0.341 e. The summed E-state index contributed by atoms with van der Waals surface area (Å²) in [5.74, 6) is 0.416. The zero-order chi connectivity index (χ0) is 27.2. The molecular formula is C27H23N7O5. The van der Waals surface area contributed by atoms with Crippen LogP contribution in [0.3, 0.4) is 0 Å². The number of anilines is 1. The van der Waals surface area contributed by atoms with Crippen LogP contribution in [0.2, 0.25) is 0 Å². The fraction of sp³-hybridized carbons (Fsp3) is 0.185. The summed E-state index contributed by atoms with van der Waals surface area (Å²) < 4.78 is 10.6. The Morgan fingerprint density at radius 2 is 1.92 bits per heavy atom. The third-order valence-electron chi connectivity index (χ3n) is 6.11. The van der Waals surface area contributed by atoms with Gasteiger partial charge in [0, 0.05) is 36.1 Å². The van der Waals surface area contributed by atoms with Crippen molar-refractivity contribution < 1.29 is 18.9 Å². The van der Waals surface area contributed by atoms with Gasteiger partial charge in [-0.05, 0) is 31.6 Å². The topological polar surface area (TPSA) is 159 Å². The molecule has 0 radical (unpaired) electrons. The summed E-state index contributed by atoms with van der Waals surface area (Å²) in [6.07, 6.45) is 11.5. The quantitative estimate of drug-likeness (QED) is 0.176. The molecule has 1 unspecified atom stereocenters. The highest BCUT2D eigenvalue weighted by molar-refractivity contribution is 5.96. The fourth-order valence-corrected chi connectivity index (χ4v) is 4.16. The molecule has 0 saturated carbocycles. The van der Waals surface area contributed by atoms with Gasteiger partial charge in [0.15, 0.2) is 12.2 Å². The maximum absolute atomic E-state index is 12.6. The number of pyridine rings is 1. The van der Waals surface area contributed by atoms with Gasteiger partial charge >= 0.3 is 5.97 Å². The number of ether oxygens (including phenoxy) is 1. The van der Waals surface area contributed by atoms with Crippen molar-refractivity contribution in [1.29, 1.82) is 0 Å². The van der Waals surface area contributed by atoms with Gasteiger partial charge in [0.25, 0.3) is 5.69 Å². The van der Waals surface area contributed by atoms with E-state index in [1.54, 1.807) is 25.4 Å². The number of carbonyl (C=O) groups is 1. The van der Waals surface area contributed by atoms with E-state index in [4.69, 9.17) is 9.15 Å². The van der Waals surface area contributed by atoms with Crippen LogP contribution in [0.15, 0.2) is 82.9 Å². The Bertz CT molecular complexity index is 1520. The number of hydrogen-bond donors (Lipinski definition) is 1. The third kappa shape index (κ3) is 5.39. The largest absolute Gasteiger partial charge is 0.462 e. The van der Waals surface area contributed by atoms with Crippen molar-refractivity contribution >= 4 is 23.8 Å². The van der Waals surface area contributed by atoms with E-state index >= 15 is 0 Å². The molecule has 4 heterocycles. The van der Waals surface area contributed by atoms with Crippen molar-refractivity contribution in [2.45, 2.75) is 18.9 Å². The first-order valence-electron chi connectivity index (χ1n) is 12.1. The highest BCUT2D eigenvalue weighted by Gasteiger charge is 2.32. The van der Waals surface area contributed by atoms with Crippen molar-refractivity contribution in [3.8, 4) is 22.6 Å². The first-order valence-corrected chi connectivity index (χ1v) is 12.1. The van der Waals surface area contributed by atoms with Crippen LogP contribution in [0.1, 0.15) is 29.4 Å². The highest BCUT2D eigenvalue weighted by atomic mass is 16.6. The number of rotatable bonds is 10. The highest BCUT2D eigenvalue weighted by Crippen LogP contribution is 2.33. The van der Waals surface area contributed by atoms with Crippen molar-refractivity contribution in [3.05, 3.63) is 94.9 Å². The summed E-state index contributed by atoms with van der Waals surface area (Å²) in [7, 11) is 0. The lowest BCUT2D eigenvalue weighted by atomic mass is 9.92. The van der Waals surface area contributed by atoms with Gasteiger partial charge in [-0.1, -0.05) is 24.3 Å². The number of allylic oxidation sites excluding steroid dienone is 1. The van der Waals surface area contributed by atoms with Crippen LogP contribution in [0.5, 0.6) is 0 Å². The summed E-state index contributed by atoms with van der Waals surface area (Å²) in [6, 6.07) is 10.4. The number of aromatic nitrogens is 4. The molecule has 0 aliphatic carbocycles. The summed E-state index contributed by atoms with van der Waals surface area (Å²) >= 11 is 0. The van der Waals surface area contributed by atoms with Gasteiger partial charge in [-0.25, -0.2) is 19.7 Å². The number of oxazole rings is 1. The monoisotopic (exact) mass is 525 g/mol. The zero-order valence-electron chi connectivity index (χ0n) is 20.9. The van der Waals surface area contributed by atoms with Crippen molar-refractivity contribution in [1.82, 2.24) is 19.9 Å². The van der Waals surface area contributed by atoms with Gasteiger partial charge < -0.3 is 14.5 Å². The van der Waals surface area contributed by atoms with Gasteiger partial charge in [-0.2, -0.15) is 0 Å². The number of nitro groups is 1. The molecule has 39 heavy (non-hydrogen) atoms. The van der Waals surface area contributed by atoms with Crippen LogP contribution in [0.4, 0.5) is 11.6 Å². The molecular weight excluding hydrogens is 502 g/mol. The van der Waals surface area contributed by atoms with Gasteiger partial charge in [-0.15, -0.1) is 0 Å². The smallest absolute Gasteiger partial charge is 0.341 e. The number of aliphatic imine (C=N–C) groups is 1. The number of carbonyl (C=O) groups excluding carboxylic acids is 1. The molecule has 4 aromatic rings. The number of esters is 1. The average molecular weight is 526 g/mol. The van der Waals surface area contributed by atoms with Gasteiger partial charge in [0.1, 0.15) is 17.3 Å². The fourth-order valence-electron chi connectivity index (χ4n) is 4.16. The van der Waals surface area contributed by atoms with E-state index in [1.165, 1.54) is 24.9 Å². The molecule has 3 aromatic heterocycles. The summed E-state index contributed by atoms with van der Waals surface area (Å²) in [6.45, 7) is 2.36. The predicted molar refractivity (Wildman–Crippen MR) is 142 cm³/mol. The predicted octanol–water partition coefficient (Wildman–Crippen LogP) is 4.62. The Labute approximate surface area is 222 Å². The van der Waals surface area contributed by atoms with E-state index in [9.17, 15) is 14.9 Å². The standard InChI is InChI=1S/C27H23N7O5/c1-2-38-25(35)21-15-31-26(33-24(21)19-6-4-18(5-7-19)22-16-28-17-39-22)29-13-11-27(10-3-12-32-27)23-9-8-20(14-30-23)34(36)37/h3-10,12,14-17H,2,11,13H2,1H3,(H,29,31,33). The van der Waals surface area contributed by atoms with Crippen molar-refractivity contribution in [3.63, 3.8) is 0 Å². The lowest BCUT2D eigenvalue weighted by Gasteiger charge is -2.23. The summed E-state index contributed by atoms with van der Waals surface area (Å²) in [5.41, 5.74) is 1.91. The van der Waals surface area contributed by atoms with E-state index < -0.39 is 16.4 Å². The second-order valence-corrected chi connectivity index (χ2v) is 8.52. The molecule has 196 valence electrons. The Kier molecular flexibility index (Phi) is 7.17. The molecule has 0 amide bonds. The molecule has 5 rings (SSSR count). The Morgan fingerprint density at radius 1 is 1.10 bits per heavy atom. The van der Waals surface area contributed by atoms with Crippen LogP contribution in [0.25, 0.3) is 22.6 Å². The maximum atomic E-state index is 12.6. The van der Waals surface area contributed by atoms with Crippen LogP contribution in [-0.2, 0) is 10.3 Å². The van der Waals surface area contributed by atoms with Gasteiger partial charge in [0.2, 0.25) is 5.95 Å². The Hall–Kier alpha value is -5.26. The van der Waals surface area contributed by atoms with E-state index in [0.29, 0.717) is 41.6 Å². The third-order valence-corrected chi connectivity index (χ3v) is 6.11. The SMILES string of the molecule is CCOC(=O)c1cnc(NCCC2(c3ccc([N+](=O)[O-])cn3)C=CC=N2)nc1-c1ccc(-c2cnco2)cc1. The summed E-state index contributed by atoms with van der Waals surface area (Å²) in [4.78, 5) is 44.9. The molecule has 1 aromatic carbocycles. The first kappa shape index (κ1) is 25.4. The minimum atomic E-state index is -0.771. The van der Waals surface area contributed by atoms with E-state index in [0.717, 1.165) is 5.56 Å². The average Bonchev–Trinajstić information content (AvgIpc) is 3.67. The van der Waals surface area contributed by atoms with E-state index in [2.05, 4.69) is 30.2 Å². The molecule has 12 nitrogen and oxygen atoms in total.